The number of methoxy groups -OCH3 is 1. The van der Waals surface area contributed by atoms with E-state index >= 15 is 0 Å². The molecule has 0 bridgehead atoms. The second-order valence-corrected chi connectivity index (χ2v) is 5.49. The summed E-state index contributed by atoms with van der Waals surface area (Å²) in [6.07, 6.45) is 0.262. The Bertz CT molecular complexity index is 385. The molecule has 0 saturated heterocycles. The summed E-state index contributed by atoms with van der Waals surface area (Å²) in [5, 5.41) is 13.3. The predicted octanol–water partition coefficient (Wildman–Crippen LogP) is 2.12. The van der Waals surface area contributed by atoms with Gasteiger partial charge < -0.3 is 15.2 Å². The van der Waals surface area contributed by atoms with Gasteiger partial charge >= 0.3 is 0 Å². The molecule has 0 fully saturated rings. The Labute approximate surface area is 115 Å². The van der Waals surface area contributed by atoms with Crippen LogP contribution in [0.5, 0.6) is 0 Å². The summed E-state index contributed by atoms with van der Waals surface area (Å²) >= 11 is 3.30. The lowest BCUT2D eigenvalue weighted by Crippen LogP contribution is -2.41. The predicted molar refractivity (Wildman–Crippen MR) is 73.2 cm³/mol. The summed E-state index contributed by atoms with van der Waals surface area (Å²) in [6, 6.07) is 4.73. The highest BCUT2D eigenvalue weighted by Gasteiger charge is 2.22. The van der Waals surface area contributed by atoms with Gasteiger partial charge in [-0.25, -0.2) is 4.39 Å². The van der Waals surface area contributed by atoms with Gasteiger partial charge in [-0.05, 0) is 30.7 Å². The first kappa shape index (κ1) is 15.6. The van der Waals surface area contributed by atoms with E-state index in [1.807, 2.05) is 0 Å². The zero-order valence-corrected chi connectivity index (χ0v) is 12.3. The second-order valence-electron chi connectivity index (χ2n) is 4.58. The van der Waals surface area contributed by atoms with Gasteiger partial charge in [-0.15, -0.1) is 0 Å². The highest BCUT2D eigenvalue weighted by Crippen LogP contribution is 2.20. The van der Waals surface area contributed by atoms with E-state index in [0.29, 0.717) is 25.3 Å². The summed E-state index contributed by atoms with van der Waals surface area (Å²) in [6.45, 7) is 3.32. The molecule has 0 amide bonds. The van der Waals surface area contributed by atoms with E-state index in [1.54, 1.807) is 26.2 Å². The number of halogens is 2. The molecule has 18 heavy (non-hydrogen) atoms. The molecular weight excluding hydrogens is 301 g/mol. The Morgan fingerprint density at radius 3 is 2.89 bits per heavy atom. The fraction of sp³-hybridized carbons (Fsp3) is 0.538. The maximum atomic E-state index is 13.6. The quantitative estimate of drug-likeness (QED) is 0.756. The molecule has 102 valence electrons. The van der Waals surface area contributed by atoms with Crippen LogP contribution in [0.4, 0.5) is 4.39 Å². The molecule has 1 atom stereocenters. The lowest BCUT2D eigenvalue weighted by Gasteiger charge is -2.24. The summed E-state index contributed by atoms with van der Waals surface area (Å²) < 4.78 is 19.3. The van der Waals surface area contributed by atoms with Gasteiger partial charge in [0.2, 0.25) is 0 Å². The van der Waals surface area contributed by atoms with E-state index in [1.165, 1.54) is 6.07 Å². The van der Waals surface area contributed by atoms with E-state index in [-0.39, 0.29) is 12.2 Å². The van der Waals surface area contributed by atoms with E-state index in [0.717, 1.165) is 4.47 Å². The molecule has 0 heterocycles. The Morgan fingerprint density at radius 2 is 2.22 bits per heavy atom. The Balaban J connectivity index is 2.55. The highest BCUT2D eigenvalue weighted by molar-refractivity contribution is 9.10. The zero-order valence-electron chi connectivity index (χ0n) is 10.7. The van der Waals surface area contributed by atoms with Gasteiger partial charge in [0.25, 0.3) is 0 Å². The molecule has 1 unspecified atom stereocenters. The molecule has 0 aliphatic carbocycles. The second kappa shape index (κ2) is 7.19. The zero-order chi connectivity index (χ0) is 13.6. The number of hydrogen-bond donors (Lipinski definition) is 2. The molecule has 1 aromatic rings. The first-order valence-electron chi connectivity index (χ1n) is 5.80. The average Bonchev–Trinajstić information content (AvgIpc) is 2.29. The molecule has 0 saturated carbocycles. The Kier molecular flexibility index (Phi) is 6.21. The number of rotatable bonds is 7. The third-order valence-corrected chi connectivity index (χ3v) is 3.06. The van der Waals surface area contributed by atoms with Crippen molar-refractivity contribution in [1.29, 1.82) is 0 Å². The maximum Gasteiger partial charge on any atom is 0.126 e. The maximum absolute atomic E-state index is 13.6. The van der Waals surface area contributed by atoms with E-state index < -0.39 is 5.60 Å². The molecule has 5 heteroatoms. The molecule has 0 radical (unpaired) electrons. The molecule has 0 aliphatic rings. The van der Waals surface area contributed by atoms with Crippen LogP contribution in [0, 0.1) is 5.82 Å². The molecular formula is C13H19BrFNO2. The van der Waals surface area contributed by atoms with Crippen molar-refractivity contribution in [2.45, 2.75) is 18.9 Å². The SMILES string of the molecule is COCCNCC(C)(O)Cc1cc(Br)ccc1F. The third kappa shape index (κ3) is 5.44. The van der Waals surface area contributed by atoms with Crippen LogP contribution in [0.15, 0.2) is 22.7 Å². The van der Waals surface area contributed by atoms with Gasteiger partial charge in [0, 0.05) is 31.1 Å². The molecule has 0 aliphatic heterocycles. The van der Waals surface area contributed by atoms with Gasteiger partial charge in [0.15, 0.2) is 0 Å². The average molecular weight is 320 g/mol. The number of hydrogen-bond acceptors (Lipinski definition) is 3. The smallest absolute Gasteiger partial charge is 0.126 e. The van der Waals surface area contributed by atoms with Gasteiger partial charge in [-0.2, -0.15) is 0 Å². The first-order valence-corrected chi connectivity index (χ1v) is 6.60. The lowest BCUT2D eigenvalue weighted by molar-refractivity contribution is 0.0573. The Hall–Kier alpha value is -0.490. The minimum absolute atomic E-state index is 0.262. The van der Waals surface area contributed by atoms with Crippen molar-refractivity contribution in [3.8, 4) is 0 Å². The number of aliphatic hydroxyl groups is 1. The van der Waals surface area contributed by atoms with Crippen molar-refractivity contribution in [1.82, 2.24) is 5.32 Å². The molecule has 3 nitrogen and oxygen atoms in total. The summed E-state index contributed by atoms with van der Waals surface area (Å²) in [5.74, 6) is -0.296. The molecule has 1 rings (SSSR count). The topological polar surface area (TPSA) is 41.5 Å². The van der Waals surface area contributed by atoms with Gasteiger partial charge in [-0.3, -0.25) is 0 Å². The minimum atomic E-state index is -0.991. The van der Waals surface area contributed by atoms with Crippen LogP contribution in [0.2, 0.25) is 0 Å². The van der Waals surface area contributed by atoms with Crippen LogP contribution in [-0.4, -0.2) is 37.5 Å². The van der Waals surface area contributed by atoms with Gasteiger partial charge in [0.1, 0.15) is 5.82 Å². The monoisotopic (exact) mass is 319 g/mol. The van der Waals surface area contributed by atoms with E-state index in [9.17, 15) is 9.50 Å². The number of ether oxygens (including phenoxy) is 1. The lowest BCUT2D eigenvalue weighted by atomic mass is 9.96. The third-order valence-electron chi connectivity index (χ3n) is 2.57. The fourth-order valence-corrected chi connectivity index (χ4v) is 2.09. The minimum Gasteiger partial charge on any atom is -0.389 e. The first-order chi connectivity index (χ1) is 8.44. The van der Waals surface area contributed by atoms with Gasteiger partial charge in [0.05, 0.1) is 12.2 Å². The summed E-state index contributed by atoms with van der Waals surface area (Å²) in [5.41, 5.74) is -0.488. The Morgan fingerprint density at radius 1 is 1.50 bits per heavy atom. The normalized spacial score (nSPS) is 14.5. The van der Waals surface area contributed by atoms with Crippen LogP contribution in [0.25, 0.3) is 0 Å². The molecule has 0 aromatic heterocycles. The number of benzene rings is 1. The van der Waals surface area contributed by atoms with Crippen molar-refractivity contribution in [2.75, 3.05) is 26.8 Å². The molecule has 1 aromatic carbocycles. The molecule has 0 spiro atoms. The standard InChI is InChI=1S/C13H19BrFNO2/c1-13(17,9-16-5-6-18-2)8-10-7-11(14)3-4-12(10)15/h3-4,7,16-17H,5-6,8-9H2,1-2H3. The summed E-state index contributed by atoms with van der Waals surface area (Å²) in [7, 11) is 1.62. The van der Waals surface area contributed by atoms with E-state index in [4.69, 9.17) is 4.74 Å². The van der Waals surface area contributed by atoms with Crippen LogP contribution < -0.4 is 5.32 Å². The van der Waals surface area contributed by atoms with Crippen LogP contribution >= 0.6 is 15.9 Å². The molecule has 2 N–H and O–H groups in total. The van der Waals surface area contributed by atoms with Crippen molar-refractivity contribution in [3.05, 3.63) is 34.1 Å². The van der Waals surface area contributed by atoms with Crippen molar-refractivity contribution in [2.24, 2.45) is 0 Å². The van der Waals surface area contributed by atoms with Crippen molar-refractivity contribution >= 4 is 15.9 Å². The van der Waals surface area contributed by atoms with E-state index in [2.05, 4.69) is 21.2 Å². The largest absolute Gasteiger partial charge is 0.389 e. The highest BCUT2D eigenvalue weighted by atomic mass is 79.9. The summed E-state index contributed by atoms with van der Waals surface area (Å²) in [4.78, 5) is 0. The van der Waals surface area contributed by atoms with Gasteiger partial charge in [-0.1, -0.05) is 15.9 Å². The van der Waals surface area contributed by atoms with Crippen LogP contribution in [-0.2, 0) is 11.2 Å². The number of nitrogens with one attached hydrogen (secondary N) is 1. The van der Waals surface area contributed by atoms with Crippen LogP contribution in [0.3, 0.4) is 0 Å². The fourth-order valence-electron chi connectivity index (χ4n) is 1.68. The van der Waals surface area contributed by atoms with Crippen molar-refractivity contribution < 1.29 is 14.2 Å². The van der Waals surface area contributed by atoms with Crippen molar-refractivity contribution in [3.63, 3.8) is 0 Å². The van der Waals surface area contributed by atoms with Crippen LogP contribution in [0.1, 0.15) is 12.5 Å².